The van der Waals surface area contributed by atoms with Crippen LogP contribution in [0, 0.1) is 0 Å². The quantitative estimate of drug-likeness (QED) is 0.372. The van der Waals surface area contributed by atoms with Crippen LogP contribution >= 0.6 is 24.0 Å². The normalized spacial score (nSPS) is 17.1. The number of rotatable bonds is 5. The molecule has 1 aromatic heterocycles. The van der Waals surface area contributed by atoms with Crippen LogP contribution in [0.4, 0.5) is 0 Å². The molecule has 27 heavy (non-hydrogen) atoms. The van der Waals surface area contributed by atoms with Crippen molar-refractivity contribution < 1.29 is 14.0 Å². The number of aliphatic imine (C=N–C) groups is 1. The van der Waals surface area contributed by atoms with Crippen molar-refractivity contribution >= 4 is 41.8 Å². The highest BCUT2D eigenvalue weighted by Crippen LogP contribution is 2.24. The molecule has 0 aliphatic carbocycles. The molecule has 9 heteroatoms. The van der Waals surface area contributed by atoms with Crippen molar-refractivity contribution in [3.8, 4) is 0 Å². The highest BCUT2D eigenvalue weighted by Gasteiger charge is 2.40. The van der Waals surface area contributed by atoms with Crippen molar-refractivity contribution in [1.29, 1.82) is 0 Å². The molecule has 0 bridgehead atoms. The summed E-state index contributed by atoms with van der Waals surface area (Å²) < 4.78 is 5.37. The predicted octanol–water partition coefficient (Wildman–Crippen LogP) is 1.79. The number of hydrogen-bond donors (Lipinski definition) is 2. The molecule has 0 aromatic carbocycles. The molecule has 0 unspecified atom stereocenters. The minimum Gasteiger partial charge on any atom is -0.454 e. The molecule has 152 valence electrons. The number of hydrogen-bond acceptors (Lipinski definition) is 4. The molecule has 1 aliphatic heterocycles. The van der Waals surface area contributed by atoms with Crippen LogP contribution in [0.3, 0.4) is 0 Å². The highest BCUT2D eigenvalue weighted by atomic mass is 127. The Kier molecular flexibility index (Phi) is 8.12. The molecule has 3 N–H and O–H groups in total. The summed E-state index contributed by atoms with van der Waals surface area (Å²) in [4.78, 5) is 32.2. The third kappa shape index (κ3) is 5.60. The van der Waals surface area contributed by atoms with Crippen LogP contribution in [-0.4, -0.2) is 58.8 Å². The van der Waals surface area contributed by atoms with Gasteiger partial charge in [-0.05, 0) is 46.8 Å². The van der Waals surface area contributed by atoms with Crippen molar-refractivity contribution in [1.82, 2.24) is 15.1 Å². The molecule has 1 aliphatic rings. The van der Waals surface area contributed by atoms with Gasteiger partial charge in [0.15, 0.2) is 11.7 Å². The summed E-state index contributed by atoms with van der Waals surface area (Å²) in [6, 6.07) is 3.36. The van der Waals surface area contributed by atoms with Crippen LogP contribution in [0.1, 0.15) is 50.9 Å². The molecule has 2 rings (SSSR count). The van der Waals surface area contributed by atoms with Crippen LogP contribution in [-0.2, 0) is 11.3 Å². The summed E-state index contributed by atoms with van der Waals surface area (Å²) in [7, 11) is 0. The molecule has 1 saturated heterocycles. The first-order valence-corrected chi connectivity index (χ1v) is 8.89. The van der Waals surface area contributed by atoms with E-state index in [1.165, 1.54) is 6.07 Å². The summed E-state index contributed by atoms with van der Waals surface area (Å²) in [5.41, 5.74) is 4.90. The van der Waals surface area contributed by atoms with E-state index in [2.05, 4.69) is 24.2 Å². The van der Waals surface area contributed by atoms with Gasteiger partial charge in [-0.1, -0.05) is 0 Å². The predicted molar refractivity (Wildman–Crippen MR) is 115 cm³/mol. The number of nitrogens with zero attached hydrogens (tertiary/aromatic N) is 3. The number of amides is 2. The number of nitrogens with one attached hydrogen (secondary N) is 1. The number of halogens is 1. The number of furan rings is 1. The molecule has 0 atom stereocenters. The van der Waals surface area contributed by atoms with Gasteiger partial charge in [-0.3, -0.25) is 9.59 Å². The Bertz CT molecular complexity index is 699. The number of piperazine rings is 1. The third-order valence-corrected chi connectivity index (χ3v) is 4.26. The van der Waals surface area contributed by atoms with Crippen LogP contribution in [0.25, 0.3) is 0 Å². The maximum Gasteiger partial charge on any atom is 0.284 e. The lowest BCUT2D eigenvalue weighted by molar-refractivity contribution is -0.145. The molecule has 2 heterocycles. The van der Waals surface area contributed by atoms with Crippen LogP contribution in [0.5, 0.6) is 0 Å². The fourth-order valence-electron chi connectivity index (χ4n) is 3.49. The number of guanidine groups is 1. The van der Waals surface area contributed by atoms with E-state index in [1.807, 2.05) is 30.6 Å². The fourth-order valence-corrected chi connectivity index (χ4v) is 3.49. The molecular weight excluding hydrogens is 461 g/mol. The zero-order valence-electron chi connectivity index (χ0n) is 16.6. The van der Waals surface area contributed by atoms with E-state index in [9.17, 15) is 9.59 Å². The van der Waals surface area contributed by atoms with Gasteiger partial charge >= 0.3 is 0 Å². The first-order chi connectivity index (χ1) is 12.2. The summed E-state index contributed by atoms with van der Waals surface area (Å²) in [5.74, 6) is 0.775. The Morgan fingerprint density at radius 1 is 1.41 bits per heavy atom. The zero-order chi connectivity index (χ0) is 19.5. The van der Waals surface area contributed by atoms with E-state index in [0.29, 0.717) is 24.8 Å². The molecule has 0 radical (unpaired) electrons. The number of carbonyl (C=O) groups is 2. The Morgan fingerprint density at radius 2 is 2.07 bits per heavy atom. The lowest BCUT2D eigenvalue weighted by Crippen LogP contribution is -2.66. The second kappa shape index (κ2) is 9.43. The molecule has 1 fully saturated rings. The van der Waals surface area contributed by atoms with Crippen molar-refractivity contribution in [2.45, 2.75) is 52.7 Å². The van der Waals surface area contributed by atoms with E-state index in [-0.39, 0.29) is 60.3 Å². The lowest BCUT2D eigenvalue weighted by atomic mass is 9.96. The highest BCUT2D eigenvalue weighted by molar-refractivity contribution is 14.0. The van der Waals surface area contributed by atoms with Gasteiger partial charge in [0.05, 0.1) is 12.1 Å². The summed E-state index contributed by atoms with van der Waals surface area (Å²) >= 11 is 0. The Labute approximate surface area is 177 Å². The molecular formula is C18H30IN5O3. The maximum atomic E-state index is 12.7. The first-order valence-electron chi connectivity index (χ1n) is 8.89. The van der Waals surface area contributed by atoms with Crippen LogP contribution in [0.15, 0.2) is 21.5 Å². The van der Waals surface area contributed by atoms with Crippen molar-refractivity contribution in [2.75, 3.05) is 19.6 Å². The third-order valence-electron chi connectivity index (χ3n) is 4.26. The van der Waals surface area contributed by atoms with Gasteiger partial charge in [-0.25, -0.2) is 4.99 Å². The largest absolute Gasteiger partial charge is 0.454 e. The summed E-state index contributed by atoms with van der Waals surface area (Å²) in [6.07, 6.45) is 0. The topological polar surface area (TPSA) is 104 Å². The average molecular weight is 491 g/mol. The summed E-state index contributed by atoms with van der Waals surface area (Å²) in [6.45, 7) is 12.1. The Hall–Kier alpha value is -1.78. The van der Waals surface area contributed by atoms with Crippen LogP contribution in [0.2, 0.25) is 0 Å². The van der Waals surface area contributed by atoms with Gasteiger partial charge in [0.25, 0.3) is 5.91 Å². The van der Waals surface area contributed by atoms with Crippen molar-refractivity contribution in [3.63, 3.8) is 0 Å². The van der Waals surface area contributed by atoms with Crippen molar-refractivity contribution in [2.24, 2.45) is 10.7 Å². The minimum atomic E-state index is -0.607. The summed E-state index contributed by atoms with van der Waals surface area (Å²) in [5, 5.41) is 3.23. The van der Waals surface area contributed by atoms with E-state index in [4.69, 9.17) is 10.2 Å². The van der Waals surface area contributed by atoms with E-state index >= 15 is 0 Å². The molecule has 2 amide bonds. The standard InChI is InChI=1S/C18H29N5O3.HI/c1-6-20-17(21-9-13-7-8-14(26-13)16(19)25)22-10-15(24)23(12(2)3)18(4,5)11-22;/h7-8,12H,6,9-11H2,1-5H3,(H2,19,25)(H,20,21);1H. The second-order valence-electron chi connectivity index (χ2n) is 7.33. The van der Waals surface area contributed by atoms with Gasteiger partial charge in [0, 0.05) is 19.1 Å². The van der Waals surface area contributed by atoms with E-state index in [1.54, 1.807) is 6.07 Å². The average Bonchev–Trinajstić information content (AvgIpc) is 2.98. The van der Waals surface area contributed by atoms with E-state index in [0.717, 1.165) is 0 Å². The lowest BCUT2D eigenvalue weighted by Gasteiger charge is -2.49. The maximum absolute atomic E-state index is 12.7. The molecule has 8 nitrogen and oxygen atoms in total. The van der Waals surface area contributed by atoms with Gasteiger partial charge in [0.1, 0.15) is 12.3 Å². The second-order valence-corrected chi connectivity index (χ2v) is 7.33. The zero-order valence-corrected chi connectivity index (χ0v) is 18.9. The number of nitrogens with two attached hydrogens (primary N) is 1. The van der Waals surface area contributed by atoms with Crippen LogP contribution < -0.4 is 11.1 Å². The Balaban J connectivity index is 0.00000364. The minimum absolute atomic E-state index is 0. The fraction of sp³-hybridized carbons (Fsp3) is 0.611. The number of carbonyl (C=O) groups excluding carboxylic acids is 2. The molecule has 0 spiro atoms. The molecule has 1 aromatic rings. The van der Waals surface area contributed by atoms with Gasteiger partial charge in [0.2, 0.25) is 5.91 Å². The molecule has 0 saturated carbocycles. The SMILES string of the molecule is CCNC(=NCc1ccc(C(N)=O)o1)N1CC(=O)N(C(C)C)C(C)(C)C1.I. The number of primary amides is 1. The van der Waals surface area contributed by atoms with E-state index < -0.39 is 5.91 Å². The van der Waals surface area contributed by atoms with Gasteiger partial charge in [-0.15, -0.1) is 24.0 Å². The van der Waals surface area contributed by atoms with Gasteiger partial charge < -0.3 is 25.3 Å². The van der Waals surface area contributed by atoms with Gasteiger partial charge in [-0.2, -0.15) is 0 Å². The Morgan fingerprint density at radius 3 is 2.56 bits per heavy atom. The first kappa shape index (κ1) is 23.3. The van der Waals surface area contributed by atoms with Crippen molar-refractivity contribution in [3.05, 3.63) is 23.7 Å². The monoisotopic (exact) mass is 491 g/mol. The smallest absolute Gasteiger partial charge is 0.284 e.